The van der Waals surface area contributed by atoms with E-state index in [1.54, 1.807) is 24.3 Å². The smallest absolute Gasteiger partial charge is 0.338 e. The van der Waals surface area contributed by atoms with Crippen molar-refractivity contribution in [2.75, 3.05) is 13.2 Å². The molecule has 4 heteroatoms. The van der Waals surface area contributed by atoms with Crippen LogP contribution in [0.4, 0.5) is 0 Å². The summed E-state index contributed by atoms with van der Waals surface area (Å²) in [7, 11) is 0. The number of rotatable bonds is 9. The molecule has 0 aliphatic carbocycles. The maximum atomic E-state index is 11.8. The first-order valence-electron chi connectivity index (χ1n) is 7.57. The van der Waals surface area contributed by atoms with Crippen molar-refractivity contribution in [2.45, 2.75) is 39.5 Å². The summed E-state index contributed by atoms with van der Waals surface area (Å²) >= 11 is 0. The van der Waals surface area contributed by atoms with Crippen LogP contribution in [0.25, 0.3) is 0 Å². The summed E-state index contributed by atoms with van der Waals surface area (Å²) in [6.45, 7) is 4.28. The van der Waals surface area contributed by atoms with Crippen LogP contribution in [0.3, 0.4) is 0 Å². The van der Waals surface area contributed by atoms with Gasteiger partial charge in [-0.2, -0.15) is 0 Å². The zero-order valence-corrected chi connectivity index (χ0v) is 12.8. The Hall–Kier alpha value is -1.84. The van der Waals surface area contributed by atoms with E-state index >= 15 is 0 Å². The average Bonchev–Trinajstić information content (AvgIpc) is 2.53. The molecule has 1 rings (SSSR count). The molecule has 4 nitrogen and oxygen atoms in total. The third kappa shape index (κ3) is 6.43. The lowest BCUT2D eigenvalue weighted by Crippen LogP contribution is -2.20. The SMILES string of the molecule is CCCCC(CC)C(=O)OCCOC(=O)c1ccccc1. The fourth-order valence-electron chi connectivity index (χ4n) is 1.99. The van der Waals surface area contributed by atoms with Crippen LogP contribution in [0.1, 0.15) is 49.9 Å². The Morgan fingerprint density at radius 3 is 2.33 bits per heavy atom. The molecule has 116 valence electrons. The number of esters is 2. The van der Waals surface area contributed by atoms with Gasteiger partial charge in [-0.3, -0.25) is 4.79 Å². The maximum Gasteiger partial charge on any atom is 0.338 e. The minimum absolute atomic E-state index is 0.0465. The minimum atomic E-state index is -0.398. The highest BCUT2D eigenvalue weighted by atomic mass is 16.6. The van der Waals surface area contributed by atoms with Crippen molar-refractivity contribution in [1.29, 1.82) is 0 Å². The van der Waals surface area contributed by atoms with Gasteiger partial charge < -0.3 is 9.47 Å². The molecule has 0 aliphatic rings. The van der Waals surface area contributed by atoms with Crippen molar-refractivity contribution in [1.82, 2.24) is 0 Å². The minimum Gasteiger partial charge on any atom is -0.462 e. The van der Waals surface area contributed by atoms with Crippen LogP contribution >= 0.6 is 0 Å². The Morgan fingerprint density at radius 2 is 1.71 bits per heavy atom. The maximum absolute atomic E-state index is 11.8. The largest absolute Gasteiger partial charge is 0.462 e. The summed E-state index contributed by atoms with van der Waals surface area (Å²) in [6, 6.07) is 8.75. The molecule has 0 bridgehead atoms. The van der Waals surface area contributed by atoms with Gasteiger partial charge in [0.2, 0.25) is 0 Å². The van der Waals surface area contributed by atoms with Gasteiger partial charge in [0.15, 0.2) is 0 Å². The zero-order chi connectivity index (χ0) is 15.5. The molecule has 0 aromatic heterocycles. The lowest BCUT2D eigenvalue weighted by Gasteiger charge is -2.13. The number of hydrogen-bond acceptors (Lipinski definition) is 4. The van der Waals surface area contributed by atoms with Crippen molar-refractivity contribution in [3.63, 3.8) is 0 Å². The molecule has 0 radical (unpaired) electrons. The Labute approximate surface area is 126 Å². The molecular formula is C17H24O4. The van der Waals surface area contributed by atoms with Crippen LogP contribution < -0.4 is 0 Å². The van der Waals surface area contributed by atoms with Crippen LogP contribution in [-0.4, -0.2) is 25.2 Å². The molecule has 0 saturated heterocycles. The fraction of sp³-hybridized carbons (Fsp3) is 0.529. The van der Waals surface area contributed by atoms with E-state index in [-0.39, 0.29) is 25.1 Å². The molecule has 1 atom stereocenters. The predicted molar refractivity (Wildman–Crippen MR) is 81.0 cm³/mol. The van der Waals surface area contributed by atoms with Gasteiger partial charge in [-0.05, 0) is 25.0 Å². The van der Waals surface area contributed by atoms with E-state index < -0.39 is 5.97 Å². The van der Waals surface area contributed by atoms with E-state index in [1.165, 1.54) is 0 Å². The summed E-state index contributed by atoms with van der Waals surface area (Å²) in [5.74, 6) is -0.638. The number of ether oxygens (including phenoxy) is 2. The van der Waals surface area contributed by atoms with Gasteiger partial charge in [0.05, 0.1) is 11.5 Å². The lowest BCUT2D eigenvalue weighted by molar-refractivity contribution is -0.150. The number of unbranched alkanes of at least 4 members (excludes halogenated alkanes) is 1. The first kappa shape index (κ1) is 17.2. The summed E-state index contributed by atoms with van der Waals surface area (Å²) in [5.41, 5.74) is 0.498. The first-order valence-corrected chi connectivity index (χ1v) is 7.57. The van der Waals surface area contributed by atoms with Gasteiger partial charge in [-0.15, -0.1) is 0 Å². The molecule has 0 saturated carbocycles. The lowest BCUT2D eigenvalue weighted by atomic mass is 10.00. The monoisotopic (exact) mass is 292 g/mol. The highest BCUT2D eigenvalue weighted by molar-refractivity contribution is 5.89. The van der Waals surface area contributed by atoms with Crippen molar-refractivity contribution < 1.29 is 19.1 Å². The summed E-state index contributed by atoms with van der Waals surface area (Å²) < 4.78 is 10.2. The van der Waals surface area contributed by atoms with Crippen molar-refractivity contribution in [2.24, 2.45) is 5.92 Å². The van der Waals surface area contributed by atoms with Crippen molar-refractivity contribution in [3.8, 4) is 0 Å². The Bertz CT molecular complexity index is 428. The van der Waals surface area contributed by atoms with Gasteiger partial charge in [-0.1, -0.05) is 44.9 Å². The zero-order valence-electron chi connectivity index (χ0n) is 12.8. The third-order valence-corrected chi connectivity index (χ3v) is 3.30. The van der Waals surface area contributed by atoms with E-state index in [4.69, 9.17) is 9.47 Å². The normalized spacial score (nSPS) is 11.7. The summed E-state index contributed by atoms with van der Waals surface area (Å²) in [6.07, 6.45) is 3.73. The molecule has 1 unspecified atom stereocenters. The van der Waals surface area contributed by atoms with Gasteiger partial charge in [0.25, 0.3) is 0 Å². The number of carbonyl (C=O) groups is 2. The van der Waals surface area contributed by atoms with E-state index in [0.29, 0.717) is 5.56 Å². The molecule has 1 aromatic carbocycles. The third-order valence-electron chi connectivity index (χ3n) is 3.30. The standard InChI is InChI=1S/C17H24O4/c1-3-5-9-14(4-2)16(18)20-12-13-21-17(19)15-10-7-6-8-11-15/h6-8,10-11,14H,3-5,9,12-13H2,1-2H3. The van der Waals surface area contributed by atoms with Gasteiger partial charge in [0, 0.05) is 0 Å². The molecular weight excluding hydrogens is 268 g/mol. The Balaban J connectivity index is 2.24. The number of hydrogen-bond donors (Lipinski definition) is 0. The summed E-state index contributed by atoms with van der Waals surface area (Å²) in [5, 5.41) is 0. The molecule has 0 fully saturated rings. The summed E-state index contributed by atoms with van der Waals surface area (Å²) in [4.78, 5) is 23.5. The van der Waals surface area contributed by atoms with Gasteiger partial charge in [0.1, 0.15) is 13.2 Å². The molecule has 0 N–H and O–H groups in total. The van der Waals surface area contributed by atoms with Crippen LogP contribution in [0.5, 0.6) is 0 Å². The predicted octanol–water partition coefficient (Wildman–Crippen LogP) is 3.60. The average molecular weight is 292 g/mol. The molecule has 0 aliphatic heterocycles. The second-order valence-corrected chi connectivity index (χ2v) is 4.92. The molecule has 0 amide bonds. The van der Waals surface area contributed by atoms with Crippen molar-refractivity contribution in [3.05, 3.63) is 35.9 Å². The molecule has 0 heterocycles. The van der Waals surface area contributed by atoms with Crippen molar-refractivity contribution >= 4 is 11.9 Å². The second kappa shape index (κ2) is 9.97. The fourth-order valence-corrected chi connectivity index (χ4v) is 1.99. The highest BCUT2D eigenvalue weighted by Gasteiger charge is 2.17. The van der Waals surface area contributed by atoms with E-state index in [0.717, 1.165) is 25.7 Å². The quantitative estimate of drug-likeness (QED) is 0.515. The molecule has 21 heavy (non-hydrogen) atoms. The number of carbonyl (C=O) groups excluding carboxylic acids is 2. The van der Waals surface area contributed by atoms with Gasteiger partial charge >= 0.3 is 11.9 Å². The van der Waals surface area contributed by atoms with E-state index in [9.17, 15) is 9.59 Å². The Morgan fingerprint density at radius 1 is 1.05 bits per heavy atom. The topological polar surface area (TPSA) is 52.6 Å². The van der Waals surface area contributed by atoms with Gasteiger partial charge in [-0.25, -0.2) is 4.79 Å². The van der Waals surface area contributed by atoms with Crippen LogP contribution in [0.2, 0.25) is 0 Å². The van der Waals surface area contributed by atoms with Crippen LogP contribution in [0, 0.1) is 5.92 Å². The van der Waals surface area contributed by atoms with E-state index in [1.807, 2.05) is 13.0 Å². The number of benzene rings is 1. The molecule has 0 spiro atoms. The highest BCUT2D eigenvalue weighted by Crippen LogP contribution is 2.14. The Kier molecular flexibility index (Phi) is 8.17. The second-order valence-electron chi connectivity index (χ2n) is 4.92. The molecule has 1 aromatic rings. The van der Waals surface area contributed by atoms with E-state index in [2.05, 4.69) is 6.92 Å². The van der Waals surface area contributed by atoms with Crippen LogP contribution in [0.15, 0.2) is 30.3 Å². The first-order chi connectivity index (χ1) is 10.2. The van der Waals surface area contributed by atoms with Crippen LogP contribution in [-0.2, 0) is 14.3 Å².